The van der Waals surface area contributed by atoms with Crippen molar-refractivity contribution in [1.82, 2.24) is 4.98 Å². The number of rotatable bonds is 3. The Hall–Kier alpha value is -1.51. The van der Waals surface area contributed by atoms with E-state index in [-0.39, 0.29) is 11.0 Å². The minimum Gasteiger partial charge on any atom is -0.506 e. The third kappa shape index (κ3) is 3.48. The van der Waals surface area contributed by atoms with Crippen LogP contribution in [0.5, 0.6) is 11.6 Å². The number of ether oxygens (including phenoxy) is 1. The average Bonchev–Trinajstić information content (AvgIpc) is 2.17. The van der Waals surface area contributed by atoms with E-state index in [0.29, 0.717) is 6.07 Å². The Labute approximate surface area is 101 Å². The van der Waals surface area contributed by atoms with Gasteiger partial charge >= 0.3 is 12.3 Å². The third-order valence-electron chi connectivity index (χ3n) is 1.61. The standard InChI is InChI=1S/C8H5BrF3NO4/c9-2-4-5(14)1-3(7(15)16)6(13-4)17-8(10,11)12/h1,14H,2H2,(H,15,16). The molecule has 0 aromatic carbocycles. The lowest BCUT2D eigenvalue weighted by Gasteiger charge is -2.11. The van der Waals surface area contributed by atoms with Gasteiger partial charge in [-0.25, -0.2) is 9.78 Å². The van der Waals surface area contributed by atoms with Gasteiger partial charge in [0, 0.05) is 11.4 Å². The molecule has 2 N–H and O–H groups in total. The van der Waals surface area contributed by atoms with E-state index in [0.717, 1.165) is 0 Å². The molecule has 0 aliphatic heterocycles. The van der Waals surface area contributed by atoms with E-state index in [9.17, 15) is 23.1 Å². The van der Waals surface area contributed by atoms with Crippen molar-refractivity contribution in [1.29, 1.82) is 0 Å². The molecule has 1 heterocycles. The number of aromatic nitrogens is 1. The number of aromatic carboxylic acids is 1. The zero-order valence-corrected chi connectivity index (χ0v) is 9.54. The van der Waals surface area contributed by atoms with Gasteiger partial charge in [0.2, 0.25) is 5.88 Å². The molecule has 0 bridgehead atoms. The van der Waals surface area contributed by atoms with Crippen LogP contribution in [0, 0.1) is 0 Å². The second kappa shape index (κ2) is 4.78. The van der Waals surface area contributed by atoms with Gasteiger partial charge in [-0.05, 0) is 0 Å². The maximum absolute atomic E-state index is 12.0. The first kappa shape index (κ1) is 13.6. The Balaban J connectivity index is 3.29. The van der Waals surface area contributed by atoms with Crippen LogP contribution >= 0.6 is 15.9 Å². The molecule has 0 saturated carbocycles. The van der Waals surface area contributed by atoms with Crippen molar-refractivity contribution in [2.45, 2.75) is 11.7 Å². The summed E-state index contributed by atoms with van der Waals surface area (Å²) in [6.45, 7) is 0. The van der Waals surface area contributed by atoms with Gasteiger partial charge in [-0.1, -0.05) is 15.9 Å². The molecule has 5 nitrogen and oxygen atoms in total. The van der Waals surface area contributed by atoms with E-state index in [1.807, 2.05) is 0 Å². The van der Waals surface area contributed by atoms with Crippen LogP contribution in [0.2, 0.25) is 0 Å². The van der Waals surface area contributed by atoms with Crippen molar-refractivity contribution in [2.24, 2.45) is 0 Å². The Bertz CT molecular complexity index is 449. The molecule has 94 valence electrons. The fourth-order valence-electron chi connectivity index (χ4n) is 0.961. The summed E-state index contributed by atoms with van der Waals surface area (Å²) >= 11 is 2.88. The van der Waals surface area contributed by atoms with Crippen LogP contribution in [-0.2, 0) is 5.33 Å². The minimum atomic E-state index is -5.06. The smallest absolute Gasteiger partial charge is 0.506 e. The third-order valence-corrected chi connectivity index (χ3v) is 2.14. The monoisotopic (exact) mass is 315 g/mol. The quantitative estimate of drug-likeness (QED) is 0.836. The molecule has 9 heteroatoms. The largest absolute Gasteiger partial charge is 0.574 e. The summed E-state index contributed by atoms with van der Waals surface area (Å²) in [7, 11) is 0. The zero-order chi connectivity index (χ0) is 13.2. The van der Waals surface area contributed by atoms with E-state index >= 15 is 0 Å². The van der Waals surface area contributed by atoms with E-state index < -0.39 is 29.5 Å². The summed E-state index contributed by atoms with van der Waals surface area (Å²) in [5, 5.41) is 17.9. The molecule has 0 atom stereocenters. The number of carboxylic acids is 1. The maximum atomic E-state index is 12.0. The first-order chi connectivity index (χ1) is 7.74. The molecule has 0 aliphatic rings. The summed E-state index contributed by atoms with van der Waals surface area (Å²) in [6, 6.07) is 0.646. The van der Waals surface area contributed by atoms with Crippen molar-refractivity contribution < 1.29 is 32.9 Å². The highest BCUT2D eigenvalue weighted by Gasteiger charge is 2.34. The molecule has 0 fully saturated rings. The second-order valence-corrected chi connectivity index (χ2v) is 3.35. The van der Waals surface area contributed by atoms with Gasteiger partial charge in [0.15, 0.2) is 0 Å². The van der Waals surface area contributed by atoms with E-state index in [1.165, 1.54) is 0 Å². The number of halogens is 4. The molecule has 1 aromatic heterocycles. The normalized spacial score (nSPS) is 11.3. The van der Waals surface area contributed by atoms with Crippen molar-refractivity contribution in [3.05, 3.63) is 17.3 Å². The number of hydrogen-bond acceptors (Lipinski definition) is 4. The van der Waals surface area contributed by atoms with Crippen LogP contribution in [-0.4, -0.2) is 27.5 Å². The van der Waals surface area contributed by atoms with Gasteiger partial charge in [-0.15, -0.1) is 13.2 Å². The molecule has 0 radical (unpaired) electrons. The number of nitrogens with zero attached hydrogens (tertiary/aromatic N) is 1. The fourth-order valence-corrected chi connectivity index (χ4v) is 1.37. The molecule has 1 aromatic rings. The van der Waals surface area contributed by atoms with Crippen LogP contribution in [0.1, 0.15) is 16.1 Å². The summed E-state index contributed by atoms with van der Waals surface area (Å²) in [5.74, 6) is -3.33. The van der Waals surface area contributed by atoms with E-state index in [2.05, 4.69) is 25.7 Å². The predicted molar refractivity (Wildman–Crippen MR) is 52.2 cm³/mol. The summed E-state index contributed by atoms with van der Waals surface area (Å²) in [6.07, 6.45) is -5.06. The van der Waals surface area contributed by atoms with Gasteiger partial charge in [-0.2, -0.15) is 0 Å². The topological polar surface area (TPSA) is 79.7 Å². The van der Waals surface area contributed by atoms with Crippen LogP contribution < -0.4 is 4.74 Å². The highest BCUT2D eigenvalue weighted by atomic mass is 79.9. The highest BCUT2D eigenvalue weighted by molar-refractivity contribution is 9.08. The minimum absolute atomic E-state index is 0.0487. The van der Waals surface area contributed by atoms with Gasteiger partial charge in [0.1, 0.15) is 11.3 Å². The highest BCUT2D eigenvalue weighted by Crippen LogP contribution is 2.29. The first-order valence-electron chi connectivity index (χ1n) is 4.02. The number of carbonyl (C=O) groups is 1. The Morgan fingerprint density at radius 2 is 2.12 bits per heavy atom. The molecule has 0 aliphatic carbocycles. The lowest BCUT2D eigenvalue weighted by Crippen LogP contribution is -2.20. The molecule has 0 saturated heterocycles. The molecular formula is C8H5BrF3NO4. The van der Waals surface area contributed by atoms with E-state index in [4.69, 9.17) is 5.11 Å². The Kier molecular flexibility index (Phi) is 3.81. The Morgan fingerprint density at radius 3 is 2.53 bits per heavy atom. The van der Waals surface area contributed by atoms with Crippen LogP contribution in [0.15, 0.2) is 6.07 Å². The first-order valence-corrected chi connectivity index (χ1v) is 5.14. The van der Waals surface area contributed by atoms with Crippen molar-refractivity contribution in [3.63, 3.8) is 0 Å². The Morgan fingerprint density at radius 1 is 1.53 bits per heavy atom. The summed E-state index contributed by atoms with van der Waals surface area (Å²) in [5.41, 5.74) is -1.03. The molecule has 17 heavy (non-hydrogen) atoms. The summed E-state index contributed by atoms with van der Waals surface area (Å²) < 4.78 is 39.4. The maximum Gasteiger partial charge on any atom is 0.574 e. The predicted octanol–water partition coefficient (Wildman–Crippen LogP) is 2.28. The second-order valence-electron chi connectivity index (χ2n) is 2.79. The number of alkyl halides is 4. The van der Waals surface area contributed by atoms with Gasteiger partial charge in [0.05, 0.1) is 5.69 Å². The summed E-state index contributed by atoms with van der Waals surface area (Å²) in [4.78, 5) is 13.9. The average molecular weight is 316 g/mol. The molecule has 0 spiro atoms. The lowest BCUT2D eigenvalue weighted by molar-refractivity contribution is -0.276. The van der Waals surface area contributed by atoms with Crippen LogP contribution in [0.25, 0.3) is 0 Å². The zero-order valence-electron chi connectivity index (χ0n) is 7.95. The van der Waals surface area contributed by atoms with Gasteiger partial charge in [0.25, 0.3) is 0 Å². The van der Waals surface area contributed by atoms with Gasteiger partial charge in [-0.3, -0.25) is 0 Å². The van der Waals surface area contributed by atoms with Crippen molar-refractivity contribution in [3.8, 4) is 11.6 Å². The SMILES string of the molecule is O=C(O)c1cc(O)c(CBr)nc1OC(F)(F)F. The molecule has 0 amide bonds. The van der Waals surface area contributed by atoms with Gasteiger partial charge < -0.3 is 14.9 Å². The van der Waals surface area contributed by atoms with Crippen molar-refractivity contribution >= 4 is 21.9 Å². The number of carboxylic acid groups (broad SMARTS) is 1. The molecule has 0 unspecified atom stereocenters. The molecule has 1 rings (SSSR count). The lowest BCUT2D eigenvalue weighted by atomic mass is 10.2. The van der Waals surface area contributed by atoms with E-state index in [1.54, 1.807) is 0 Å². The van der Waals surface area contributed by atoms with Crippen LogP contribution in [0.4, 0.5) is 13.2 Å². The van der Waals surface area contributed by atoms with Crippen molar-refractivity contribution in [2.75, 3.05) is 0 Å². The number of aromatic hydroxyl groups is 1. The molecular weight excluding hydrogens is 311 g/mol. The fraction of sp³-hybridized carbons (Fsp3) is 0.250. The number of hydrogen-bond donors (Lipinski definition) is 2. The van der Waals surface area contributed by atoms with Crippen LogP contribution in [0.3, 0.4) is 0 Å². The number of pyridine rings is 1.